The van der Waals surface area contributed by atoms with E-state index >= 15 is 0 Å². The molecule has 0 saturated heterocycles. The third-order valence-electron chi connectivity index (χ3n) is 4.33. The maximum atomic E-state index is 4.63. The molecule has 0 bridgehead atoms. The van der Waals surface area contributed by atoms with Crippen molar-refractivity contribution in [3.63, 3.8) is 0 Å². The molecule has 0 spiro atoms. The van der Waals surface area contributed by atoms with Crippen LogP contribution in [0.25, 0.3) is 5.69 Å². The summed E-state index contributed by atoms with van der Waals surface area (Å²) < 4.78 is 2.14. The van der Waals surface area contributed by atoms with Crippen LogP contribution < -0.4 is 4.90 Å². The molecule has 3 heteroatoms. The smallest absolute Gasteiger partial charge is 0.0639 e. The Bertz CT molecular complexity index is 838. The molecule has 0 fully saturated rings. The largest absolute Gasteiger partial charge is 0.378 e. The van der Waals surface area contributed by atoms with E-state index in [4.69, 9.17) is 0 Å². The summed E-state index contributed by atoms with van der Waals surface area (Å²) in [6, 6.07) is 21.1. The topological polar surface area (TPSA) is 20.5 Å². The van der Waals surface area contributed by atoms with Crippen molar-refractivity contribution in [1.29, 1.82) is 0 Å². The van der Waals surface area contributed by atoms with Gasteiger partial charge in [0.2, 0.25) is 0 Å². The number of hydrogen-bond acceptors (Lipinski definition) is 2. The lowest BCUT2D eigenvalue weighted by atomic mass is 10.0. The van der Waals surface area contributed by atoms with Crippen LogP contribution in [0, 0.1) is 0 Å². The van der Waals surface area contributed by atoms with Gasteiger partial charge in [-0.05, 0) is 60.0 Å². The normalized spacial score (nSPS) is 11.4. The van der Waals surface area contributed by atoms with E-state index in [0.29, 0.717) is 5.92 Å². The second-order valence-corrected chi connectivity index (χ2v) is 6.72. The summed E-state index contributed by atoms with van der Waals surface area (Å²) in [5.74, 6) is 0.542. The van der Waals surface area contributed by atoms with Crippen LogP contribution in [0.4, 0.5) is 11.4 Å². The first-order valence-electron chi connectivity index (χ1n) is 8.64. The molecule has 0 aliphatic heterocycles. The fourth-order valence-corrected chi connectivity index (χ4v) is 2.73. The Labute approximate surface area is 150 Å². The molecule has 0 radical (unpaired) electrons. The van der Waals surface area contributed by atoms with Gasteiger partial charge in [0, 0.05) is 31.7 Å². The zero-order valence-corrected chi connectivity index (χ0v) is 15.3. The average Bonchev–Trinajstić information content (AvgIpc) is 3.09. The molecule has 0 aliphatic carbocycles. The van der Waals surface area contributed by atoms with Gasteiger partial charge in [-0.2, -0.15) is 0 Å². The number of aromatic nitrogens is 1. The Balaban J connectivity index is 1.81. The van der Waals surface area contributed by atoms with Crippen molar-refractivity contribution in [3.8, 4) is 5.69 Å². The van der Waals surface area contributed by atoms with Gasteiger partial charge in [-0.15, -0.1) is 0 Å². The van der Waals surface area contributed by atoms with Crippen LogP contribution in [0.5, 0.6) is 0 Å². The molecule has 3 rings (SSSR count). The molecule has 0 N–H and O–H groups in total. The average molecular weight is 331 g/mol. The third-order valence-corrected chi connectivity index (χ3v) is 4.33. The van der Waals surface area contributed by atoms with E-state index in [1.54, 1.807) is 0 Å². The van der Waals surface area contributed by atoms with Gasteiger partial charge in [-0.25, -0.2) is 0 Å². The number of anilines is 1. The van der Waals surface area contributed by atoms with Gasteiger partial charge in [0.05, 0.1) is 17.6 Å². The summed E-state index contributed by atoms with van der Waals surface area (Å²) in [5.41, 5.74) is 5.69. The fraction of sp³-hybridized carbons (Fsp3) is 0.227. The summed E-state index contributed by atoms with van der Waals surface area (Å²) in [6.07, 6.45) is 3.98. The molecule has 0 aliphatic rings. The minimum absolute atomic E-state index is 0.542. The van der Waals surface area contributed by atoms with Gasteiger partial charge < -0.3 is 9.47 Å². The molecule has 0 saturated carbocycles. The highest BCUT2D eigenvalue weighted by atomic mass is 15.1. The Kier molecular flexibility index (Phi) is 5.03. The van der Waals surface area contributed by atoms with Crippen molar-refractivity contribution >= 4 is 17.6 Å². The van der Waals surface area contributed by atoms with E-state index in [-0.39, 0.29) is 0 Å². The number of hydrogen-bond donors (Lipinski definition) is 0. The maximum Gasteiger partial charge on any atom is 0.0639 e. The van der Waals surface area contributed by atoms with E-state index in [1.807, 2.05) is 26.4 Å². The van der Waals surface area contributed by atoms with E-state index in [1.165, 1.54) is 11.3 Å². The van der Waals surface area contributed by atoms with Gasteiger partial charge in [0.15, 0.2) is 0 Å². The van der Waals surface area contributed by atoms with Crippen LogP contribution in [0.2, 0.25) is 0 Å². The number of rotatable bonds is 5. The van der Waals surface area contributed by atoms with E-state index < -0.39 is 0 Å². The Morgan fingerprint density at radius 1 is 0.920 bits per heavy atom. The number of benzene rings is 2. The van der Waals surface area contributed by atoms with Crippen molar-refractivity contribution in [2.45, 2.75) is 19.8 Å². The summed E-state index contributed by atoms with van der Waals surface area (Å²) in [6.45, 7) is 4.40. The van der Waals surface area contributed by atoms with Gasteiger partial charge >= 0.3 is 0 Å². The summed E-state index contributed by atoms with van der Waals surface area (Å²) in [5, 5.41) is 0. The predicted octanol–water partition coefficient (Wildman–Crippen LogP) is 5.42. The highest BCUT2D eigenvalue weighted by Gasteiger charge is 2.03. The van der Waals surface area contributed by atoms with Crippen LogP contribution in [-0.4, -0.2) is 24.9 Å². The molecule has 25 heavy (non-hydrogen) atoms. The second kappa shape index (κ2) is 7.39. The second-order valence-electron chi connectivity index (χ2n) is 6.72. The first-order valence-corrected chi connectivity index (χ1v) is 8.64. The zero-order valence-electron chi connectivity index (χ0n) is 15.3. The molecule has 3 nitrogen and oxygen atoms in total. The number of aliphatic imine (C=N–C) groups is 1. The first-order chi connectivity index (χ1) is 12.0. The van der Waals surface area contributed by atoms with Crippen LogP contribution >= 0.6 is 0 Å². The SMILES string of the molecule is CC(C)c1ccc(N=Cc2cccn2-c2ccc(N(C)C)cc2)cc1. The Morgan fingerprint density at radius 2 is 1.60 bits per heavy atom. The van der Waals surface area contributed by atoms with Gasteiger partial charge in [-0.3, -0.25) is 4.99 Å². The molecule has 1 heterocycles. The maximum absolute atomic E-state index is 4.63. The van der Waals surface area contributed by atoms with Gasteiger partial charge in [-0.1, -0.05) is 26.0 Å². The van der Waals surface area contributed by atoms with Gasteiger partial charge in [0.1, 0.15) is 0 Å². The summed E-state index contributed by atoms with van der Waals surface area (Å²) in [4.78, 5) is 6.73. The van der Waals surface area contributed by atoms with Crippen molar-refractivity contribution in [1.82, 2.24) is 4.57 Å². The summed E-state index contributed by atoms with van der Waals surface area (Å²) >= 11 is 0. The molecule has 0 atom stereocenters. The van der Waals surface area contributed by atoms with Crippen LogP contribution in [0.15, 0.2) is 71.9 Å². The van der Waals surface area contributed by atoms with E-state index in [0.717, 1.165) is 17.1 Å². The molecule has 0 unspecified atom stereocenters. The lowest BCUT2D eigenvalue weighted by molar-refractivity contribution is 0.867. The first kappa shape index (κ1) is 17.0. The Morgan fingerprint density at radius 3 is 2.20 bits per heavy atom. The van der Waals surface area contributed by atoms with E-state index in [2.05, 4.69) is 89.1 Å². The fourth-order valence-electron chi connectivity index (χ4n) is 2.73. The third kappa shape index (κ3) is 4.00. The molecule has 3 aromatic rings. The molecular weight excluding hydrogens is 306 g/mol. The van der Waals surface area contributed by atoms with Crippen LogP contribution in [-0.2, 0) is 0 Å². The lowest BCUT2D eigenvalue weighted by Crippen LogP contribution is -2.08. The highest BCUT2D eigenvalue weighted by molar-refractivity contribution is 5.81. The molecule has 1 aromatic heterocycles. The highest BCUT2D eigenvalue weighted by Crippen LogP contribution is 2.20. The van der Waals surface area contributed by atoms with Crippen molar-refractivity contribution in [3.05, 3.63) is 78.1 Å². The molecule has 2 aromatic carbocycles. The molecule has 0 amide bonds. The minimum Gasteiger partial charge on any atom is -0.378 e. The Hall–Kier alpha value is -2.81. The van der Waals surface area contributed by atoms with Crippen molar-refractivity contribution in [2.24, 2.45) is 4.99 Å². The quantitative estimate of drug-likeness (QED) is 0.572. The minimum atomic E-state index is 0.542. The molecule has 128 valence electrons. The van der Waals surface area contributed by atoms with Crippen molar-refractivity contribution < 1.29 is 0 Å². The summed E-state index contributed by atoms with van der Waals surface area (Å²) in [7, 11) is 4.10. The van der Waals surface area contributed by atoms with Crippen molar-refractivity contribution in [2.75, 3.05) is 19.0 Å². The van der Waals surface area contributed by atoms with Crippen LogP contribution in [0.1, 0.15) is 31.0 Å². The zero-order chi connectivity index (χ0) is 17.8. The standard InChI is InChI=1S/C22H25N3/c1-17(2)18-7-9-19(10-8-18)23-16-22-6-5-15-25(22)21-13-11-20(12-14-21)24(3)4/h5-17H,1-4H3. The van der Waals surface area contributed by atoms with E-state index in [9.17, 15) is 0 Å². The number of nitrogens with zero attached hydrogens (tertiary/aromatic N) is 3. The van der Waals surface area contributed by atoms with Crippen LogP contribution in [0.3, 0.4) is 0 Å². The monoisotopic (exact) mass is 331 g/mol. The molecular formula is C22H25N3. The lowest BCUT2D eigenvalue weighted by Gasteiger charge is -2.13. The van der Waals surface area contributed by atoms with Gasteiger partial charge in [0.25, 0.3) is 0 Å². The predicted molar refractivity (Wildman–Crippen MR) is 108 cm³/mol.